The van der Waals surface area contributed by atoms with Gasteiger partial charge in [0, 0.05) is 29.4 Å². The first kappa shape index (κ1) is 15.0. The van der Waals surface area contributed by atoms with Crippen LogP contribution in [0.4, 0.5) is 0 Å². The zero-order valence-electron chi connectivity index (χ0n) is 10.4. The van der Waals surface area contributed by atoms with Gasteiger partial charge in [0.25, 0.3) is 0 Å². The molecule has 2 nitrogen and oxygen atoms in total. The highest BCUT2D eigenvalue weighted by atomic mass is 79.9. The number of hydrogen-bond donors (Lipinski definition) is 2. The van der Waals surface area contributed by atoms with E-state index < -0.39 is 0 Å². The summed E-state index contributed by atoms with van der Waals surface area (Å²) in [4.78, 5) is 0. The maximum absolute atomic E-state index is 9.00. The van der Waals surface area contributed by atoms with E-state index in [0.29, 0.717) is 6.04 Å². The Labute approximate surface area is 116 Å². The molecule has 0 aliphatic carbocycles. The summed E-state index contributed by atoms with van der Waals surface area (Å²) in [5, 5.41) is 12.5. The fraction of sp³-hybridized carbons (Fsp3) is 0.538. The topological polar surface area (TPSA) is 32.3 Å². The molecule has 1 unspecified atom stereocenters. The van der Waals surface area contributed by atoms with Crippen molar-refractivity contribution in [3.63, 3.8) is 0 Å². The van der Waals surface area contributed by atoms with Gasteiger partial charge in [0.15, 0.2) is 0 Å². The number of halogens is 1. The van der Waals surface area contributed by atoms with Gasteiger partial charge in [0.1, 0.15) is 0 Å². The largest absolute Gasteiger partial charge is 0.396 e. The molecule has 0 amide bonds. The molecule has 0 aliphatic rings. The summed E-state index contributed by atoms with van der Waals surface area (Å²) in [6.07, 6.45) is 2.91. The number of hydrogen-bond acceptors (Lipinski definition) is 3. The number of aryl methyl sites for hydroxylation is 1. The van der Waals surface area contributed by atoms with Gasteiger partial charge in [0.05, 0.1) is 0 Å². The van der Waals surface area contributed by atoms with Gasteiger partial charge in [-0.15, -0.1) is 0 Å². The van der Waals surface area contributed by atoms with Crippen LogP contribution in [0.3, 0.4) is 0 Å². The predicted molar refractivity (Wildman–Crippen MR) is 79.6 cm³/mol. The number of nitrogens with one attached hydrogen (secondary N) is 1. The van der Waals surface area contributed by atoms with Crippen molar-refractivity contribution >= 4 is 27.7 Å². The Morgan fingerprint density at radius 3 is 2.82 bits per heavy atom. The zero-order chi connectivity index (χ0) is 12.7. The van der Waals surface area contributed by atoms with E-state index in [9.17, 15) is 0 Å². The highest BCUT2D eigenvalue weighted by Crippen LogP contribution is 2.16. The first-order valence-electron chi connectivity index (χ1n) is 5.75. The third-order valence-corrected chi connectivity index (χ3v) is 3.96. The molecular weight excluding hydrogens is 298 g/mol. The van der Waals surface area contributed by atoms with E-state index in [2.05, 4.69) is 52.6 Å². The molecule has 0 saturated heterocycles. The molecule has 0 spiro atoms. The van der Waals surface area contributed by atoms with Crippen LogP contribution in [-0.2, 0) is 6.54 Å². The predicted octanol–water partition coefficient (Wildman–Crippen LogP) is 2.96. The normalized spacial score (nSPS) is 12.7. The van der Waals surface area contributed by atoms with Gasteiger partial charge in [-0.25, -0.2) is 0 Å². The van der Waals surface area contributed by atoms with Crippen LogP contribution in [0.15, 0.2) is 22.7 Å². The van der Waals surface area contributed by atoms with Crippen molar-refractivity contribution in [3.05, 3.63) is 33.8 Å². The van der Waals surface area contributed by atoms with E-state index in [1.54, 1.807) is 0 Å². The van der Waals surface area contributed by atoms with E-state index in [4.69, 9.17) is 5.11 Å². The second-order valence-electron chi connectivity index (χ2n) is 4.12. The molecule has 1 aromatic carbocycles. The SMILES string of the molecule is CSCC(CCO)NCc1ccc(Br)cc1C. The highest BCUT2D eigenvalue weighted by molar-refractivity contribution is 9.10. The first-order valence-corrected chi connectivity index (χ1v) is 7.94. The minimum Gasteiger partial charge on any atom is -0.396 e. The van der Waals surface area contributed by atoms with Crippen LogP contribution in [0.25, 0.3) is 0 Å². The number of aliphatic hydroxyl groups is 1. The molecular formula is C13H20BrNOS. The molecule has 0 aliphatic heterocycles. The molecule has 1 atom stereocenters. The molecule has 2 N–H and O–H groups in total. The maximum Gasteiger partial charge on any atom is 0.0446 e. The van der Waals surface area contributed by atoms with Gasteiger partial charge < -0.3 is 10.4 Å². The first-order chi connectivity index (χ1) is 8.17. The molecule has 17 heavy (non-hydrogen) atoms. The Morgan fingerprint density at radius 2 is 2.24 bits per heavy atom. The van der Waals surface area contributed by atoms with Gasteiger partial charge in [0.2, 0.25) is 0 Å². The molecule has 0 radical (unpaired) electrons. The minimum atomic E-state index is 0.248. The molecule has 4 heteroatoms. The number of thioether (sulfide) groups is 1. The lowest BCUT2D eigenvalue weighted by molar-refractivity contribution is 0.269. The fourth-order valence-corrected chi connectivity index (χ4v) is 2.88. The molecule has 1 aromatic rings. The fourth-order valence-electron chi connectivity index (χ4n) is 1.71. The summed E-state index contributed by atoms with van der Waals surface area (Å²) in [7, 11) is 0. The van der Waals surface area contributed by atoms with Crippen LogP contribution in [0.5, 0.6) is 0 Å². The Morgan fingerprint density at radius 1 is 1.47 bits per heavy atom. The van der Waals surface area contributed by atoms with E-state index in [-0.39, 0.29) is 6.61 Å². The quantitative estimate of drug-likeness (QED) is 0.811. The minimum absolute atomic E-state index is 0.248. The van der Waals surface area contributed by atoms with Crippen LogP contribution in [-0.4, -0.2) is 29.8 Å². The lowest BCUT2D eigenvalue weighted by Gasteiger charge is -2.17. The smallest absolute Gasteiger partial charge is 0.0446 e. The van der Waals surface area contributed by atoms with Crippen LogP contribution in [0, 0.1) is 6.92 Å². The molecule has 0 saturated carbocycles. The molecule has 0 heterocycles. The van der Waals surface area contributed by atoms with Gasteiger partial charge >= 0.3 is 0 Å². The van der Waals surface area contributed by atoms with E-state index >= 15 is 0 Å². The van der Waals surface area contributed by atoms with Crippen LogP contribution in [0.2, 0.25) is 0 Å². The molecule has 0 bridgehead atoms. The summed E-state index contributed by atoms with van der Waals surface area (Å²) in [6.45, 7) is 3.24. The third-order valence-electron chi connectivity index (χ3n) is 2.73. The lowest BCUT2D eigenvalue weighted by Crippen LogP contribution is -2.32. The Kier molecular flexibility index (Phi) is 7.19. The second-order valence-corrected chi connectivity index (χ2v) is 5.94. The molecule has 1 rings (SSSR count). The van der Waals surface area contributed by atoms with E-state index in [1.807, 2.05) is 11.8 Å². The van der Waals surface area contributed by atoms with E-state index in [1.165, 1.54) is 11.1 Å². The number of rotatable bonds is 7. The van der Waals surface area contributed by atoms with Gasteiger partial charge in [-0.3, -0.25) is 0 Å². The standard InChI is InChI=1S/C13H20BrNOS/c1-10-7-12(14)4-3-11(10)8-15-13(5-6-16)9-17-2/h3-4,7,13,15-16H,5-6,8-9H2,1-2H3. The van der Waals surface area contributed by atoms with Crippen molar-refractivity contribution in [3.8, 4) is 0 Å². The Balaban J connectivity index is 2.52. The van der Waals surface area contributed by atoms with Crippen molar-refractivity contribution in [1.82, 2.24) is 5.32 Å². The second kappa shape index (κ2) is 8.14. The zero-order valence-corrected chi connectivity index (χ0v) is 12.8. The Hall–Kier alpha value is -0.0300. The number of benzene rings is 1. The molecule has 96 valence electrons. The van der Waals surface area contributed by atoms with Crippen LogP contribution >= 0.6 is 27.7 Å². The summed E-state index contributed by atoms with van der Waals surface area (Å²) >= 11 is 5.28. The van der Waals surface area contributed by atoms with Crippen LogP contribution < -0.4 is 5.32 Å². The van der Waals surface area contributed by atoms with Gasteiger partial charge in [-0.1, -0.05) is 22.0 Å². The van der Waals surface area contributed by atoms with Crippen molar-refractivity contribution in [2.24, 2.45) is 0 Å². The van der Waals surface area contributed by atoms with Crippen molar-refractivity contribution in [1.29, 1.82) is 0 Å². The van der Waals surface area contributed by atoms with Crippen molar-refractivity contribution in [2.75, 3.05) is 18.6 Å². The average Bonchev–Trinajstić information content (AvgIpc) is 2.28. The third kappa shape index (κ3) is 5.42. The summed E-state index contributed by atoms with van der Waals surface area (Å²) < 4.78 is 1.12. The summed E-state index contributed by atoms with van der Waals surface area (Å²) in [6, 6.07) is 6.73. The number of aliphatic hydroxyl groups excluding tert-OH is 1. The van der Waals surface area contributed by atoms with Gasteiger partial charge in [-0.05, 0) is 42.9 Å². The average molecular weight is 318 g/mol. The van der Waals surface area contributed by atoms with E-state index in [0.717, 1.165) is 23.2 Å². The molecule has 0 fully saturated rings. The lowest BCUT2D eigenvalue weighted by atomic mass is 10.1. The summed E-state index contributed by atoms with van der Waals surface area (Å²) in [5.74, 6) is 1.04. The molecule has 0 aromatic heterocycles. The van der Waals surface area contributed by atoms with Crippen LogP contribution in [0.1, 0.15) is 17.5 Å². The maximum atomic E-state index is 9.00. The highest BCUT2D eigenvalue weighted by Gasteiger charge is 2.07. The monoisotopic (exact) mass is 317 g/mol. The van der Waals surface area contributed by atoms with Gasteiger partial charge in [-0.2, -0.15) is 11.8 Å². The van der Waals surface area contributed by atoms with Crippen molar-refractivity contribution in [2.45, 2.75) is 25.9 Å². The Bertz CT molecular complexity index is 340. The van der Waals surface area contributed by atoms with Crippen molar-refractivity contribution < 1.29 is 5.11 Å². The summed E-state index contributed by atoms with van der Waals surface area (Å²) in [5.41, 5.74) is 2.61.